The lowest BCUT2D eigenvalue weighted by molar-refractivity contribution is 0.0820. The van der Waals surface area contributed by atoms with Crippen molar-refractivity contribution in [2.75, 3.05) is 13.2 Å². The lowest BCUT2D eigenvalue weighted by atomic mass is 10.1. The van der Waals surface area contributed by atoms with E-state index in [9.17, 15) is 9.50 Å². The van der Waals surface area contributed by atoms with Crippen LogP contribution in [0.15, 0.2) is 22.7 Å². The average molecular weight is 305 g/mol. The molecule has 1 aromatic rings. The summed E-state index contributed by atoms with van der Waals surface area (Å²) in [5.74, 6) is -0.284. The quantitative estimate of drug-likeness (QED) is 0.783. The Labute approximate surface area is 110 Å². The number of ether oxygens (including phenoxy) is 1. The van der Waals surface area contributed by atoms with Gasteiger partial charge in [0.25, 0.3) is 0 Å². The fraction of sp³-hybridized carbons (Fsp3) is 0.538. The van der Waals surface area contributed by atoms with E-state index in [1.807, 2.05) is 6.92 Å². The van der Waals surface area contributed by atoms with Gasteiger partial charge in [-0.1, -0.05) is 28.9 Å². The SMILES string of the molecule is CCCOCCC(O)Cc1ccc(Br)cc1F. The summed E-state index contributed by atoms with van der Waals surface area (Å²) in [5.41, 5.74) is 0.538. The predicted molar refractivity (Wildman–Crippen MR) is 69.5 cm³/mol. The summed E-state index contributed by atoms with van der Waals surface area (Å²) in [7, 11) is 0. The van der Waals surface area contributed by atoms with Gasteiger partial charge in [0.15, 0.2) is 0 Å². The molecule has 1 unspecified atom stereocenters. The van der Waals surface area contributed by atoms with Crippen molar-refractivity contribution >= 4 is 15.9 Å². The van der Waals surface area contributed by atoms with E-state index in [0.29, 0.717) is 36.1 Å². The van der Waals surface area contributed by atoms with Crippen LogP contribution in [-0.4, -0.2) is 24.4 Å². The molecule has 2 nitrogen and oxygen atoms in total. The maximum absolute atomic E-state index is 13.5. The summed E-state index contributed by atoms with van der Waals surface area (Å²) in [6.07, 6.45) is 1.28. The Balaban J connectivity index is 2.37. The second-order valence-electron chi connectivity index (χ2n) is 3.99. The minimum Gasteiger partial charge on any atom is -0.393 e. The molecular weight excluding hydrogens is 287 g/mol. The van der Waals surface area contributed by atoms with Crippen LogP contribution in [-0.2, 0) is 11.2 Å². The van der Waals surface area contributed by atoms with E-state index < -0.39 is 6.10 Å². The molecule has 0 aliphatic carbocycles. The first-order valence-electron chi connectivity index (χ1n) is 5.83. The van der Waals surface area contributed by atoms with Gasteiger partial charge in [-0.3, -0.25) is 0 Å². The second kappa shape index (κ2) is 7.80. The molecule has 0 heterocycles. The number of aliphatic hydroxyl groups is 1. The molecule has 4 heteroatoms. The zero-order chi connectivity index (χ0) is 12.7. The van der Waals surface area contributed by atoms with Crippen LogP contribution in [0.1, 0.15) is 25.3 Å². The third-order valence-corrected chi connectivity index (χ3v) is 2.91. The monoisotopic (exact) mass is 304 g/mol. The van der Waals surface area contributed by atoms with Gasteiger partial charge in [0, 0.05) is 24.1 Å². The first-order valence-corrected chi connectivity index (χ1v) is 6.62. The molecule has 0 radical (unpaired) electrons. The smallest absolute Gasteiger partial charge is 0.127 e. The van der Waals surface area contributed by atoms with Crippen LogP contribution in [0.25, 0.3) is 0 Å². The molecule has 1 N–H and O–H groups in total. The van der Waals surface area contributed by atoms with Gasteiger partial charge in [0.2, 0.25) is 0 Å². The van der Waals surface area contributed by atoms with Gasteiger partial charge in [-0.15, -0.1) is 0 Å². The van der Waals surface area contributed by atoms with Crippen molar-refractivity contribution in [1.82, 2.24) is 0 Å². The van der Waals surface area contributed by atoms with Crippen LogP contribution >= 0.6 is 15.9 Å². The number of benzene rings is 1. The fourth-order valence-electron chi connectivity index (χ4n) is 1.51. The Morgan fingerprint density at radius 1 is 1.41 bits per heavy atom. The molecule has 0 bridgehead atoms. The Bertz CT molecular complexity index is 344. The molecule has 0 spiro atoms. The number of hydrogen-bond donors (Lipinski definition) is 1. The summed E-state index contributed by atoms with van der Waals surface area (Å²) in [5, 5.41) is 9.74. The molecule has 1 rings (SSSR count). The summed E-state index contributed by atoms with van der Waals surface area (Å²) in [6.45, 7) is 3.26. The lowest BCUT2D eigenvalue weighted by Gasteiger charge is -2.11. The highest BCUT2D eigenvalue weighted by atomic mass is 79.9. The number of rotatable bonds is 7. The van der Waals surface area contributed by atoms with Gasteiger partial charge < -0.3 is 9.84 Å². The molecule has 0 amide bonds. The highest BCUT2D eigenvalue weighted by Gasteiger charge is 2.09. The van der Waals surface area contributed by atoms with Crippen LogP contribution < -0.4 is 0 Å². The van der Waals surface area contributed by atoms with Crippen molar-refractivity contribution in [2.45, 2.75) is 32.3 Å². The van der Waals surface area contributed by atoms with Crippen LogP contribution in [0.3, 0.4) is 0 Å². The molecule has 96 valence electrons. The standard InChI is InChI=1S/C13H18BrFO2/c1-2-6-17-7-5-12(16)8-10-3-4-11(14)9-13(10)15/h3-4,9,12,16H,2,5-8H2,1H3. The highest BCUT2D eigenvalue weighted by molar-refractivity contribution is 9.10. The second-order valence-corrected chi connectivity index (χ2v) is 4.91. The van der Waals surface area contributed by atoms with Crippen LogP contribution in [0, 0.1) is 5.82 Å². The third kappa shape index (κ3) is 5.61. The zero-order valence-electron chi connectivity index (χ0n) is 9.96. The molecule has 0 fully saturated rings. The maximum Gasteiger partial charge on any atom is 0.127 e. The molecule has 1 atom stereocenters. The number of halogens is 2. The van der Waals surface area contributed by atoms with Gasteiger partial charge >= 0.3 is 0 Å². The van der Waals surface area contributed by atoms with E-state index >= 15 is 0 Å². The van der Waals surface area contributed by atoms with Crippen molar-refractivity contribution in [3.8, 4) is 0 Å². The topological polar surface area (TPSA) is 29.5 Å². The van der Waals surface area contributed by atoms with Gasteiger partial charge in [0.1, 0.15) is 5.82 Å². The number of aliphatic hydroxyl groups excluding tert-OH is 1. The van der Waals surface area contributed by atoms with Crippen LogP contribution in [0.5, 0.6) is 0 Å². The highest BCUT2D eigenvalue weighted by Crippen LogP contribution is 2.17. The minimum absolute atomic E-state index is 0.284. The molecule has 1 aromatic carbocycles. The lowest BCUT2D eigenvalue weighted by Crippen LogP contribution is -2.14. The van der Waals surface area contributed by atoms with E-state index in [1.165, 1.54) is 6.07 Å². The van der Waals surface area contributed by atoms with Crippen molar-refractivity contribution in [2.24, 2.45) is 0 Å². The first-order chi connectivity index (χ1) is 8.13. The van der Waals surface area contributed by atoms with E-state index in [-0.39, 0.29) is 5.82 Å². The van der Waals surface area contributed by atoms with Crippen molar-refractivity contribution in [1.29, 1.82) is 0 Å². The molecule has 0 saturated heterocycles. The normalized spacial score (nSPS) is 12.7. The Hall–Kier alpha value is -0.450. The first kappa shape index (κ1) is 14.6. The van der Waals surface area contributed by atoms with E-state index in [1.54, 1.807) is 12.1 Å². The zero-order valence-corrected chi connectivity index (χ0v) is 11.5. The van der Waals surface area contributed by atoms with Gasteiger partial charge in [-0.05, 0) is 30.5 Å². The van der Waals surface area contributed by atoms with Gasteiger partial charge in [-0.25, -0.2) is 4.39 Å². The molecule has 0 aromatic heterocycles. The average Bonchev–Trinajstić information content (AvgIpc) is 2.28. The van der Waals surface area contributed by atoms with E-state index in [2.05, 4.69) is 15.9 Å². The summed E-state index contributed by atoms with van der Waals surface area (Å²) in [6, 6.07) is 4.88. The fourth-order valence-corrected chi connectivity index (χ4v) is 1.84. The molecule has 0 aliphatic heterocycles. The van der Waals surface area contributed by atoms with Gasteiger partial charge in [0.05, 0.1) is 6.10 Å². The molecule has 0 saturated carbocycles. The van der Waals surface area contributed by atoms with Crippen molar-refractivity contribution < 1.29 is 14.2 Å². The Morgan fingerprint density at radius 2 is 2.18 bits per heavy atom. The maximum atomic E-state index is 13.5. The molecule has 17 heavy (non-hydrogen) atoms. The van der Waals surface area contributed by atoms with Crippen LogP contribution in [0.2, 0.25) is 0 Å². The van der Waals surface area contributed by atoms with Crippen molar-refractivity contribution in [3.63, 3.8) is 0 Å². The summed E-state index contributed by atoms with van der Waals surface area (Å²) >= 11 is 3.20. The van der Waals surface area contributed by atoms with E-state index in [4.69, 9.17) is 4.74 Å². The molecular formula is C13H18BrFO2. The predicted octanol–water partition coefficient (Wildman–Crippen LogP) is 3.31. The molecule has 0 aliphatic rings. The van der Waals surface area contributed by atoms with Crippen molar-refractivity contribution in [3.05, 3.63) is 34.1 Å². The third-order valence-electron chi connectivity index (χ3n) is 2.41. The Morgan fingerprint density at radius 3 is 2.82 bits per heavy atom. The minimum atomic E-state index is -0.553. The Kier molecular flexibility index (Phi) is 6.70. The van der Waals surface area contributed by atoms with Gasteiger partial charge in [-0.2, -0.15) is 0 Å². The largest absolute Gasteiger partial charge is 0.393 e. The summed E-state index contributed by atoms with van der Waals surface area (Å²) < 4.78 is 19.5. The number of hydrogen-bond acceptors (Lipinski definition) is 2. The van der Waals surface area contributed by atoms with Crippen LogP contribution in [0.4, 0.5) is 4.39 Å². The summed E-state index contributed by atoms with van der Waals surface area (Å²) in [4.78, 5) is 0. The van der Waals surface area contributed by atoms with E-state index in [0.717, 1.165) is 6.42 Å².